The lowest BCUT2D eigenvalue weighted by molar-refractivity contribution is -0.120. The van der Waals surface area contributed by atoms with Gasteiger partial charge in [0.15, 0.2) is 9.84 Å². The largest absolute Gasteiger partial charge is 0.351 e. The number of carbonyl (C=O) groups is 1. The van der Waals surface area contributed by atoms with Gasteiger partial charge >= 0.3 is 0 Å². The van der Waals surface area contributed by atoms with Crippen molar-refractivity contribution in [3.8, 4) is 0 Å². The predicted octanol–water partition coefficient (Wildman–Crippen LogP) is 1.49. The summed E-state index contributed by atoms with van der Waals surface area (Å²) in [5.41, 5.74) is 1.15. The normalized spacial score (nSPS) is 18.5. The molecule has 0 spiro atoms. The van der Waals surface area contributed by atoms with Gasteiger partial charge in [0.05, 0.1) is 22.1 Å². The summed E-state index contributed by atoms with van der Waals surface area (Å²) in [6.45, 7) is 1.36. The van der Waals surface area contributed by atoms with E-state index in [9.17, 15) is 21.6 Å². The zero-order chi connectivity index (χ0) is 20.4. The Kier molecular flexibility index (Phi) is 5.76. The van der Waals surface area contributed by atoms with Gasteiger partial charge in [-0.05, 0) is 43.2 Å². The zero-order valence-corrected chi connectivity index (χ0v) is 17.0. The minimum absolute atomic E-state index is 0.0297. The molecule has 0 unspecified atom stereocenters. The first kappa shape index (κ1) is 20.3. The third kappa shape index (κ3) is 4.71. The van der Waals surface area contributed by atoms with E-state index in [1.165, 1.54) is 6.07 Å². The smallest absolute Gasteiger partial charge is 0.264 e. The average molecular weight is 423 g/mol. The maximum Gasteiger partial charge on any atom is 0.264 e. The van der Waals surface area contributed by atoms with E-state index in [4.69, 9.17) is 0 Å². The first-order valence-electron chi connectivity index (χ1n) is 8.82. The Morgan fingerprint density at radius 3 is 2.46 bits per heavy atom. The Labute approximate surface area is 165 Å². The SMILES string of the molecule is Cc1cccc(S(=O)(=O)N(CC(=O)N[C@@H]2CCS(=O)(=O)C2)c2ccccc2)c1. The van der Waals surface area contributed by atoms with Crippen molar-refractivity contribution < 1.29 is 21.6 Å². The fourth-order valence-electron chi connectivity index (χ4n) is 3.12. The highest BCUT2D eigenvalue weighted by Crippen LogP contribution is 2.24. The molecule has 0 bridgehead atoms. The van der Waals surface area contributed by atoms with Gasteiger partial charge in [0.1, 0.15) is 6.54 Å². The lowest BCUT2D eigenvalue weighted by atomic mass is 10.2. The monoisotopic (exact) mass is 422 g/mol. The molecular formula is C19H22N2O5S2. The molecule has 150 valence electrons. The van der Waals surface area contributed by atoms with Crippen LogP contribution in [0.5, 0.6) is 0 Å². The van der Waals surface area contributed by atoms with Gasteiger partial charge in [-0.15, -0.1) is 0 Å². The highest BCUT2D eigenvalue weighted by Gasteiger charge is 2.31. The van der Waals surface area contributed by atoms with Gasteiger partial charge in [0.25, 0.3) is 10.0 Å². The number of rotatable bonds is 6. The Bertz CT molecular complexity index is 1070. The standard InChI is InChI=1S/C19H22N2O5S2/c1-15-6-5-9-18(12-15)28(25,26)21(17-7-3-2-4-8-17)13-19(22)20-16-10-11-27(23,24)14-16/h2-9,12,16H,10-11,13-14H2,1H3,(H,20,22)/t16-/m1/s1. The molecular weight excluding hydrogens is 400 g/mol. The van der Waals surface area contributed by atoms with E-state index < -0.39 is 38.4 Å². The van der Waals surface area contributed by atoms with Gasteiger partial charge in [0.2, 0.25) is 5.91 Å². The molecule has 0 aliphatic carbocycles. The molecule has 1 N–H and O–H groups in total. The number of hydrogen-bond donors (Lipinski definition) is 1. The van der Waals surface area contributed by atoms with E-state index in [2.05, 4.69) is 5.32 Å². The van der Waals surface area contributed by atoms with Crippen LogP contribution < -0.4 is 9.62 Å². The molecule has 28 heavy (non-hydrogen) atoms. The summed E-state index contributed by atoms with van der Waals surface area (Å²) in [4.78, 5) is 12.6. The van der Waals surface area contributed by atoms with E-state index in [-0.39, 0.29) is 16.4 Å². The number of carbonyl (C=O) groups excluding carboxylic acids is 1. The Hall–Kier alpha value is -2.39. The van der Waals surface area contributed by atoms with Crippen molar-refractivity contribution in [2.24, 2.45) is 0 Å². The first-order valence-corrected chi connectivity index (χ1v) is 12.1. The molecule has 0 aromatic heterocycles. The van der Waals surface area contributed by atoms with Crippen molar-refractivity contribution in [3.63, 3.8) is 0 Å². The summed E-state index contributed by atoms with van der Waals surface area (Å²) < 4.78 is 50.6. The van der Waals surface area contributed by atoms with Crippen LogP contribution in [0, 0.1) is 6.92 Å². The van der Waals surface area contributed by atoms with Crippen molar-refractivity contribution >= 4 is 31.5 Å². The quantitative estimate of drug-likeness (QED) is 0.760. The number of para-hydroxylation sites is 1. The number of hydrogen-bond acceptors (Lipinski definition) is 5. The van der Waals surface area contributed by atoms with Gasteiger partial charge in [0, 0.05) is 6.04 Å². The minimum Gasteiger partial charge on any atom is -0.351 e. The zero-order valence-electron chi connectivity index (χ0n) is 15.4. The predicted molar refractivity (Wildman–Crippen MR) is 107 cm³/mol. The van der Waals surface area contributed by atoms with Crippen LogP contribution >= 0.6 is 0 Å². The van der Waals surface area contributed by atoms with Crippen molar-refractivity contribution in [2.75, 3.05) is 22.4 Å². The molecule has 2 aromatic rings. The van der Waals surface area contributed by atoms with Crippen LogP contribution in [0.3, 0.4) is 0 Å². The number of sulfonamides is 1. The summed E-state index contributed by atoms with van der Waals surface area (Å²) in [6.07, 6.45) is 0.337. The van der Waals surface area contributed by atoms with Crippen molar-refractivity contribution in [1.29, 1.82) is 0 Å². The highest BCUT2D eigenvalue weighted by atomic mass is 32.2. The molecule has 0 saturated carbocycles. The molecule has 1 heterocycles. The second kappa shape index (κ2) is 7.92. The molecule has 1 atom stereocenters. The molecule has 0 radical (unpaired) electrons. The van der Waals surface area contributed by atoms with Crippen LogP contribution in [0.25, 0.3) is 0 Å². The minimum atomic E-state index is -3.97. The number of sulfone groups is 1. The number of amides is 1. The maximum atomic E-state index is 13.2. The molecule has 1 aliphatic rings. The fraction of sp³-hybridized carbons (Fsp3) is 0.316. The van der Waals surface area contributed by atoms with Gasteiger partial charge in [-0.25, -0.2) is 16.8 Å². The molecule has 1 fully saturated rings. The first-order chi connectivity index (χ1) is 13.2. The third-order valence-corrected chi connectivity index (χ3v) is 8.04. The topological polar surface area (TPSA) is 101 Å². The van der Waals surface area contributed by atoms with Gasteiger partial charge in [-0.1, -0.05) is 30.3 Å². The lowest BCUT2D eigenvalue weighted by Crippen LogP contribution is -2.44. The second-order valence-corrected chi connectivity index (χ2v) is 10.9. The Morgan fingerprint density at radius 1 is 1.14 bits per heavy atom. The van der Waals surface area contributed by atoms with Crippen LogP contribution in [0.1, 0.15) is 12.0 Å². The summed E-state index contributed by atoms with van der Waals surface area (Å²) in [5.74, 6) is -0.626. The molecule has 1 saturated heterocycles. The second-order valence-electron chi connectivity index (χ2n) is 6.83. The fourth-order valence-corrected chi connectivity index (χ4v) is 6.32. The van der Waals surface area contributed by atoms with Crippen LogP contribution in [0.2, 0.25) is 0 Å². The van der Waals surface area contributed by atoms with Gasteiger partial charge < -0.3 is 5.32 Å². The molecule has 2 aromatic carbocycles. The number of benzene rings is 2. The number of nitrogens with zero attached hydrogens (tertiary/aromatic N) is 1. The van der Waals surface area contributed by atoms with E-state index in [1.54, 1.807) is 55.5 Å². The van der Waals surface area contributed by atoms with Gasteiger partial charge in [-0.3, -0.25) is 9.10 Å². The Morgan fingerprint density at radius 2 is 1.86 bits per heavy atom. The highest BCUT2D eigenvalue weighted by molar-refractivity contribution is 7.93. The summed E-state index contributed by atoms with van der Waals surface area (Å²) in [7, 11) is -7.12. The molecule has 9 heteroatoms. The number of aryl methyl sites for hydroxylation is 1. The average Bonchev–Trinajstić information content (AvgIpc) is 2.98. The van der Waals surface area contributed by atoms with Crippen LogP contribution in [-0.2, 0) is 24.7 Å². The summed E-state index contributed by atoms with van der Waals surface area (Å²) in [5, 5.41) is 2.65. The molecule has 7 nitrogen and oxygen atoms in total. The summed E-state index contributed by atoms with van der Waals surface area (Å²) >= 11 is 0. The number of anilines is 1. The van der Waals surface area contributed by atoms with Crippen molar-refractivity contribution in [2.45, 2.75) is 24.3 Å². The third-order valence-electron chi connectivity index (χ3n) is 4.51. The van der Waals surface area contributed by atoms with Crippen molar-refractivity contribution in [3.05, 3.63) is 60.2 Å². The maximum absolute atomic E-state index is 13.2. The van der Waals surface area contributed by atoms with E-state index in [0.717, 1.165) is 9.87 Å². The summed E-state index contributed by atoms with van der Waals surface area (Å²) in [6, 6.07) is 14.3. The van der Waals surface area contributed by atoms with E-state index >= 15 is 0 Å². The molecule has 1 amide bonds. The van der Waals surface area contributed by atoms with Crippen LogP contribution in [0.15, 0.2) is 59.5 Å². The van der Waals surface area contributed by atoms with Crippen LogP contribution in [0.4, 0.5) is 5.69 Å². The molecule has 1 aliphatic heterocycles. The van der Waals surface area contributed by atoms with E-state index in [0.29, 0.717) is 12.1 Å². The Balaban J connectivity index is 1.87. The van der Waals surface area contributed by atoms with Crippen molar-refractivity contribution in [1.82, 2.24) is 5.32 Å². The van der Waals surface area contributed by atoms with Crippen LogP contribution in [-0.4, -0.2) is 46.8 Å². The van der Waals surface area contributed by atoms with E-state index in [1.807, 2.05) is 0 Å². The van der Waals surface area contributed by atoms with Gasteiger partial charge in [-0.2, -0.15) is 0 Å². The molecule has 3 rings (SSSR count). The lowest BCUT2D eigenvalue weighted by Gasteiger charge is -2.25. The number of nitrogens with one attached hydrogen (secondary N) is 1.